The maximum atomic E-state index is 14.0. The second-order valence-corrected chi connectivity index (χ2v) is 5.23. The molecule has 0 saturated heterocycles. The molecule has 0 spiro atoms. The van der Waals surface area contributed by atoms with Crippen molar-refractivity contribution in [3.8, 4) is 5.75 Å². The minimum atomic E-state index is -1.17. The Morgan fingerprint density at radius 3 is 2.79 bits per heavy atom. The molecule has 3 rings (SSSR count). The van der Waals surface area contributed by atoms with E-state index >= 15 is 0 Å². The van der Waals surface area contributed by atoms with Gasteiger partial charge in [-0.15, -0.1) is 0 Å². The minimum Gasteiger partial charge on any atom is -0.490 e. The molecule has 0 bridgehead atoms. The highest BCUT2D eigenvalue weighted by atomic mass is 19.1. The topological polar surface area (TPSA) is 70.1 Å². The van der Waals surface area contributed by atoms with Crippen LogP contribution in [0, 0.1) is 11.6 Å². The number of hydrogen-bond acceptors (Lipinski definition) is 3. The van der Waals surface area contributed by atoms with Gasteiger partial charge in [0.05, 0.1) is 24.0 Å². The van der Waals surface area contributed by atoms with Crippen LogP contribution in [0.25, 0.3) is 11.0 Å². The van der Waals surface area contributed by atoms with Crippen molar-refractivity contribution in [3.63, 3.8) is 0 Å². The number of fused-ring (bicyclic) bond motifs is 1. The summed E-state index contributed by atoms with van der Waals surface area (Å²) >= 11 is 0. The Bertz CT molecular complexity index is 893. The van der Waals surface area contributed by atoms with Gasteiger partial charge in [-0.25, -0.2) is 13.8 Å². The number of imidazole rings is 1. The van der Waals surface area contributed by atoms with E-state index in [-0.39, 0.29) is 12.4 Å². The molecule has 5 nitrogen and oxygen atoms in total. The van der Waals surface area contributed by atoms with E-state index in [0.29, 0.717) is 13.0 Å². The van der Waals surface area contributed by atoms with Gasteiger partial charge >= 0.3 is 0 Å². The summed E-state index contributed by atoms with van der Waals surface area (Å²) in [6.45, 7) is 0.833. The maximum Gasteiger partial charge on any atom is 0.254 e. The third kappa shape index (κ3) is 3.05. The number of benzene rings is 2. The van der Waals surface area contributed by atoms with Gasteiger partial charge in [-0.3, -0.25) is 4.79 Å². The largest absolute Gasteiger partial charge is 0.490 e. The molecule has 0 saturated carbocycles. The van der Waals surface area contributed by atoms with Crippen LogP contribution in [-0.4, -0.2) is 22.1 Å². The summed E-state index contributed by atoms with van der Waals surface area (Å²) in [5.74, 6) is -3.44. The fraction of sp³-hybridized carbons (Fsp3) is 0.176. The molecule has 2 aromatic carbocycles. The number of carbonyl (C=O) groups excluding carboxylic acids is 1. The van der Waals surface area contributed by atoms with Crippen molar-refractivity contribution >= 4 is 16.9 Å². The highest BCUT2D eigenvalue weighted by molar-refractivity contribution is 5.93. The standard InChI is InChI=1S/C17H15F2N3O2/c18-11-6-7-14(16(19)15(11)17(20)23)24-9-3-8-22-10-21-12-4-1-2-5-13(12)22/h1-2,4-7,10H,3,8-9H2,(H2,20,23). The van der Waals surface area contributed by atoms with Gasteiger partial charge in [0.15, 0.2) is 11.6 Å². The van der Waals surface area contributed by atoms with Gasteiger partial charge in [-0.05, 0) is 30.7 Å². The molecule has 3 aromatic rings. The van der Waals surface area contributed by atoms with Crippen molar-refractivity contribution in [2.75, 3.05) is 6.61 Å². The number of hydrogen-bond donors (Lipinski definition) is 1. The Morgan fingerprint density at radius 1 is 1.21 bits per heavy atom. The summed E-state index contributed by atoms with van der Waals surface area (Å²) in [5.41, 5.74) is 6.09. The van der Waals surface area contributed by atoms with Crippen molar-refractivity contribution in [3.05, 3.63) is 59.9 Å². The second-order valence-electron chi connectivity index (χ2n) is 5.23. The van der Waals surface area contributed by atoms with E-state index in [0.717, 1.165) is 23.2 Å². The van der Waals surface area contributed by atoms with Crippen LogP contribution in [0.5, 0.6) is 5.75 Å². The van der Waals surface area contributed by atoms with Crippen LogP contribution >= 0.6 is 0 Å². The second kappa shape index (κ2) is 6.66. The molecule has 1 amide bonds. The Hall–Kier alpha value is -2.96. The lowest BCUT2D eigenvalue weighted by Crippen LogP contribution is -2.16. The number of halogens is 2. The summed E-state index contributed by atoms with van der Waals surface area (Å²) < 4.78 is 34.7. The van der Waals surface area contributed by atoms with Crippen LogP contribution in [0.3, 0.4) is 0 Å². The lowest BCUT2D eigenvalue weighted by molar-refractivity contribution is 0.0991. The van der Waals surface area contributed by atoms with Crippen LogP contribution in [0.1, 0.15) is 16.8 Å². The molecule has 0 atom stereocenters. The van der Waals surface area contributed by atoms with Gasteiger partial charge in [0.1, 0.15) is 11.4 Å². The zero-order valence-electron chi connectivity index (χ0n) is 12.7. The van der Waals surface area contributed by atoms with Crippen molar-refractivity contribution in [2.24, 2.45) is 5.73 Å². The molecule has 2 N–H and O–H groups in total. The third-order valence-electron chi connectivity index (χ3n) is 3.63. The smallest absolute Gasteiger partial charge is 0.254 e. The molecule has 1 heterocycles. The molecule has 24 heavy (non-hydrogen) atoms. The van der Waals surface area contributed by atoms with Gasteiger partial charge in [-0.2, -0.15) is 0 Å². The first-order chi connectivity index (χ1) is 11.6. The first-order valence-corrected chi connectivity index (χ1v) is 7.38. The van der Waals surface area contributed by atoms with E-state index in [1.807, 2.05) is 28.8 Å². The zero-order chi connectivity index (χ0) is 17.1. The number of ether oxygens (including phenoxy) is 1. The molecule has 7 heteroatoms. The Kier molecular flexibility index (Phi) is 4.41. The summed E-state index contributed by atoms with van der Waals surface area (Å²) in [6, 6.07) is 9.82. The van der Waals surface area contributed by atoms with Crippen molar-refractivity contribution in [1.82, 2.24) is 9.55 Å². The summed E-state index contributed by atoms with van der Waals surface area (Å²) in [7, 11) is 0. The maximum absolute atomic E-state index is 14.0. The van der Waals surface area contributed by atoms with E-state index < -0.39 is 23.1 Å². The number of amides is 1. The summed E-state index contributed by atoms with van der Waals surface area (Å²) in [5, 5.41) is 0. The Balaban J connectivity index is 1.63. The molecule has 0 radical (unpaired) electrons. The van der Waals surface area contributed by atoms with Gasteiger partial charge < -0.3 is 15.0 Å². The molecular weight excluding hydrogens is 316 g/mol. The van der Waals surface area contributed by atoms with E-state index in [2.05, 4.69) is 4.98 Å². The normalized spacial score (nSPS) is 10.9. The number of primary amides is 1. The molecule has 0 aliphatic carbocycles. The van der Waals surface area contributed by atoms with Crippen LogP contribution in [0.15, 0.2) is 42.7 Å². The van der Waals surface area contributed by atoms with Crippen LogP contribution in [0.4, 0.5) is 8.78 Å². The average Bonchev–Trinajstić information content (AvgIpc) is 2.96. The molecule has 124 valence electrons. The predicted octanol–water partition coefficient (Wildman–Crippen LogP) is 2.88. The monoisotopic (exact) mass is 331 g/mol. The van der Waals surface area contributed by atoms with E-state index in [1.165, 1.54) is 0 Å². The number of nitrogens with two attached hydrogens (primary N) is 1. The fourth-order valence-corrected chi connectivity index (χ4v) is 2.48. The molecule has 0 aliphatic rings. The van der Waals surface area contributed by atoms with E-state index in [9.17, 15) is 13.6 Å². The molecule has 0 unspecified atom stereocenters. The number of aryl methyl sites for hydroxylation is 1. The van der Waals surface area contributed by atoms with Crippen molar-refractivity contribution in [1.29, 1.82) is 0 Å². The van der Waals surface area contributed by atoms with Crippen molar-refractivity contribution < 1.29 is 18.3 Å². The molecule has 0 fully saturated rings. The van der Waals surface area contributed by atoms with Gasteiger partial charge in [0, 0.05) is 6.54 Å². The molecule has 1 aromatic heterocycles. The highest BCUT2D eigenvalue weighted by Gasteiger charge is 2.19. The van der Waals surface area contributed by atoms with Crippen LogP contribution < -0.4 is 10.5 Å². The van der Waals surface area contributed by atoms with Crippen LogP contribution in [0.2, 0.25) is 0 Å². The van der Waals surface area contributed by atoms with E-state index in [1.54, 1.807) is 6.33 Å². The highest BCUT2D eigenvalue weighted by Crippen LogP contribution is 2.23. The summed E-state index contributed by atoms with van der Waals surface area (Å²) in [6.07, 6.45) is 2.32. The number of rotatable bonds is 6. The number of para-hydroxylation sites is 2. The average molecular weight is 331 g/mol. The lowest BCUT2D eigenvalue weighted by Gasteiger charge is -2.10. The predicted molar refractivity (Wildman–Crippen MR) is 84.7 cm³/mol. The first kappa shape index (κ1) is 15.9. The van der Waals surface area contributed by atoms with E-state index in [4.69, 9.17) is 10.5 Å². The number of nitrogens with zero attached hydrogens (tertiary/aromatic N) is 2. The first-order valence-electron chi connectivity index (χ1n) is 7.38. The summed E-state index contributed by atoms with van der Waals surface area (Å²) in [4.78, 5) is 15.4. The lowest BCUT2D eigenvalue weighted by atomic mass is 10.1. The number of carbonyl (C=O) groups is 1. The minimum absolute atomic E-state index is 0.194. The van der Waals surface area contributed by atoms with Gasteiger partial charge in [0.2, 0.25) is 0 Å². The Morgan fingerprint density at radius 2 is 2.00 bits per heavy atom. The molecular formula is C17H15F2N3O2. The van der Waals surface area contributed by atoms with Gasteiger partial charge in [-0.1, -0.05) is 12.1 Å². The van der Waals surface area contributed by atoms with Gasteiger partial charge in [0.25, 0.3) is 5.91 Å². The van der Waals surface area contributed by atoms with Crippen molar-refractivity contribution in [2.45, 2.75) is 13.0 Å². The number of aromatic nitrogens is 2. The fourth-order valence-electron chi connectivity index (χ4n) is 2.48. The van der Waals surface area contributed by atoms with Crippen LogP contribution in [-0.2, 0) is 6.54 Å². The SMILES string of the molecule is NC(=O)c1c(F)ccc(OCCCn2cnc3ccccc32)c1F. The third-order valence-corrected chi connectivity index (χ3v) is 3.63. The zero-order valence-corrected chi connectivity index (χ0v) is 12.7. The quantitative estimate of drug-likeness (QED) is 0.706. The Labute approximate surface area is 136 Å². The molecule has 0 aliphatic heterocycles.